The van der Waals surface area contributed by atoms with Crippen LogP contribution in [0, 0.1) is 0 Å². The monoisotopic (exact) mass is 235 g/mol. The highest BCUT2D eigenvalue weighted by atomic mass is 16.8. The summed E-state index contributed by atoms with van der Waals surface area (Å²) in [6.07, 6.45) is 0.596. The summed E-state index contributed by atoms with van der Waals surface area (Å²) in [5.74, 6) is 0.862. The van der Waals surface area contributed by atoms with Crippen LogP contribution in [-0.2, 0) is 14.2 Å². The lowest BCUT2D eigenvalue weighted by Crippen LogP contribution is -2.39. The molecular weight excluding hydrogens is 222 g/mol. The summed E-state index contributed by atoms with van der Waals surface area (Å²) in [5.41, 5.74) is 1.01. The average Bonchev–Trinajstić information content (AvgIpc) is 3.22. The largest absolute Gasteiger partial charge is 0.491 e. The number of benzene rings is 1. The van der Waals surface area contributed by atoms with Crippen LogP contribution >= 0.6 is 0 Å². The van der Waals surface area contributed by atoms with E-state index in [1.54, 1.807) is 0 Å². The number of anilines is 1. The van der Waals surface area contributed by atoms with E-state index in [0.29, 0.717) is 12.7 Å². The zero-order chi connectivity index (χ0) is 11.2. The molecule has 0 bridgehead atoms. The predicted octanol–water partition coefficient (Wildman–Crippen LogP) is 0.957. The second-order valence-corrected chi connectivity index (χ2v) is 4.46. The van der Waals surface area contributed by atoms with Gasteiger partial charge in [-0.25, -0.2) is 0 Å². The molecule has 17 heavy (non-hydrogen) atoms. The minimum Gasteiger partial charge on any atom is -0.491 e. The smallest absolute Gasteiger partial charge is 0.191 e. The Bertz CT molecular complexity index is 417. The van der Waals surface area contributed by atoms with E-state index in [0.717, 1.165) is 18.0 Å². The molecule has 0 saturated carbocycles. The SMILES string of the molecule is c1cc(OCC2CO2)ccc1NC1OC2OC12. The second-order valence-electron chi connectivity index (χ2n) is 4.46. The summed E-state index contributed by atoms with van der Waals surface area (Å²) < 4.78 is 21.2. The molecule has 4 rings (SSSR count). The van der Waals surface area contributed by atoms with Crippen LogP contribution in [0.3, 0.4) is 0 Å². The fraction of sp³-hybridized carbons (Fsp3) is 0.500. The molecule has 0 spiro atoms. The van der Waals surface area contributed by atoms with Crippen LogP contribution in [0.5, 0.6) is 5.75 Å². The van der Waals surface area contributed by atoms with Gasteiger partial charge in [0.25, 0.3) is 0 Å². The Morgan fingerprint density at radius 2 is 2.06 bits per heavy atom. The van der Waals surface area contributed by atoms with Gasteiger partial charge in [0.05, 0.1) is 6.61 Å². The Hall–Kier alpha value is -1.30. The third-order valence-electron chi connectivity index (χ3n) is 3.06. The van der Waals surface area contributed by atoms with Gasteiger partial charge in [0.1, 0.15) is 18.5 Å². The zero-order valence-electron chi connectivity index (χ0n) is 9.17. The summed E-state index contributed by atoms with van der Waals surface area (Å²) in [5, 5.41) is 3.25. The molecule has 4 atom stereocenters. The first kappa shape index (κ1) is 9.70. The van der Waals surface area contributed by atoms with Crippen LogP contribution in [0.25, 0.3) is 0 Å². The van der Waals surface area contributed by atoms with Crippen LogP contribution in [-0.4, -0.2) is 37.9 Å². The van der Waals surface area contributed by atoms with Gasteiger partial charge in [-0.1, -0.05) is 0 Å². The van der Waals surface area contributed by atoms with Gasteiger partial charge in [0.2, 0.25) is 0 Å². The van der Waals surface area contributed by atoms with Gasteiger partial charge in [-0.2, -0.15) is 0 Å². The number of ether oxygens (including phenoxy) is 4. The van der Waals surface area contributed by atoms with Crippen molar-refractivity contribution in [3.63, 3.8) is 0 Å². The minimum absolute atomic E-state index is 0.00614. The first-order chi connectivity index (χ1) is 8.38. The van der Waals surface area contributed by atoms with E-state index in [-0.39, 0.29) is 18.6 Å². The molecule has 1 aromatic carbocycles. The van der Waals surface area contributed by atoms with E-state index < -0.39 is 0 Å². The van der Waals surface area contributed by atoms with Crippen LogP contribution in [0.2, 0.25) is 0 Å². The number of rotatable bonds is 5. The van der Waals surface area contributed by atoms with E-state index in [9.17, 15) is 0 Å². The summed E-state index contributed by atoms with van der Waals surface area (Å²) in [4.78, 5) is 0. The Kier molecular flexibility index (Phi) is 2.05. The molecule has 1 aromatic rings. The van der Waals surface area contributed by atoms with E-state index in [1.165, 1.54) is 0 Å². The first-order valence-electron chi connectivity index (χ1n) is 5.80. The lowest BCUT2D eigenvalue weighted by Gasteiger charge is -2.23. The lowest BCUT2D eigenvalue weighted by molar-refractivity contribution is -0.0252. The Labute approximate surface area is 98.6 Å². The van der Waals surface area contributed by atoms with Crippen molar-refractivity contribution in [2.24, 2.45) is 0 Å². The van der Waals surface area contributed by atoms with Crippen LogP contribution in [0.1, 0.15) is 0 Å². The van der Waals surface area contributed by atoms with Crippen molar-refractivity contribution in [3.8, 4) is 5.75 Å². The van der Waals surface area contributed by atoms with Crippen molar-refractivity contribution in [1.82, 2.24) is 0 Å². The van der Waals surface area contributed by atoms with E-state index in [2.05, 4.69) is 5.32 Å². The highest BCUT2D eigenvalue weighted by Crippen LogP contribution is 2.40. The molecule has 90 valence electrons. The molecular formula is C12H13NO4. The number of nitrogens with one attached hydrogen (secondary N) is 1. The number of epoxide rings is 2. The van der Waals surface area contributed by atoms with Crippen molar-refractivity contribution < 1.29 is 18.9 Å². The molecule has 3 aliphatic heterocycles. The molecule has 3 saturated heterocycles. The average molecular weight is 235 g/mol. The van der Waals surface area contributed by atoms with E-state index in [4.69, 9.17) is 18.9 Å². The maximum atomic E-state index is 5.55. The Morgan fingerprint density at radius 1 is 1.24 bits per heavy atom. The normalized spacial score (nSPS) is 36.7. The standard InChI is InChI=1S/C12H13NO4/c1-3-8(14-5-9-6-15-9)4-2-7(1)13-11-10-12(16-10)17-11/h1-4,9-13H,5-6H2. The molecule has 0 amide bonds. The summed E-state index contributed by atoms with van der Waals surface area (Å²) in [7, 11) is 0. The van der Waals surface area contributed by atoms with Crippen molar-refractivity contribution in [2.45, 2.75) is 24.7 Å². The van der Waals surface area contributed by atoms with Crippen molar-refractivity contribution in [1.29, 1.82) is 0 Å². The molecule has 1 N–H and O–H groups in total. The predicted molar refractivity (Wildman–Crippen MR) is 58.8 cm³/mol. The molecule has 4 unspecified atom stereocenters. The molecule has 5 nitrogen and oxygen atoms in total. The van der Waals surface area contributed by atoms with Gasteiger partial charge in [-0.15, -0.1) is 0 Å². The third-order valence-corrected chi connectivity index (χ3v) is 3.06. The molecule has 3 fully saturated rings. The van der Waals surface area contributed by atoms with E-state index >= 15 is 0 Å². The third kappa shape index (κ3) is 1.97. The molecule has 3 aliphatic rings. The highest BCUT2D eigenvalue weighted by molar-refractivity contribution is 5.47. The van der Waals surface area contributed by atoms with Gasteiger partial charge in [0, 0.05) is 5.69 Å². The highest BCUT2D eigenvalue weighted by Gasteiger charge is 2.58. The fourth-order valence-corrected chi connectivity index (χ4v) is 1.85. The topological polar surface area (TPSA) is 55.5 Å². The summed E-state index contributed by atoms with van der Waals surface area (Å²) in [6, 6.07) is 7.83. The fourth-order valence-electron chi connectivity index (χ4n) is 1.85. The van der Waals surface area contributed by atoms with Gasteiger partial charge >= 0.3 is 0 Å². The number of hydrogen-bond donors (Lipinski definition) is 1. The van der Waals surface area contributed by atoms with Crippen molar-refractivity contribution in [2.75, 3.05) is 18.5 Å². The van der Waals surface area contributed by atoms with Crippen LogP contribution in [0.15, 0.2) is 24.3 Å². The molecule has 5 heteroatoms. The second kappa shape index (κ2) is 3.60. The van der Waals surface area contributed by atoms with Gasteiger partial charge in [-0.3, -0.25) is 0 Å². The van der Waals surface area contributed by atoms with Crippen LogP contribution in [0.4, 0.5) is 5.69 Å². The Balaban J connectivity index is 1.32. The molecule has 0 aliphatic carbocycles. The number of fused-ring (bicyclic) bond motifs is 1. The van der Waals surface area contributed by atoms with E-state index in [1.807, 2.05) is 24.3 Å². The van der Waals surface area contributed by atoms with Gasteiger partial charge < -0.3 is 24.3 Å². The van der Waals surface area contributed by atoms with Crippen molar-refractivity contribution >= 4 is 5.69 Å². The maximum absolute atomic E-state index is 5.55. The Morgan fingerprint density at radius 3 is 2.65 bits per heavy atom. The summed E-state index contributed by atoms with van der Waals surface area (Å²) in [6.45, 7) is 1.46. The van der Waals surface area contributed by atoms with Gasteiger partial charge in [-0.05, 0) is 24.3 Å². The number of hydrogen-bond acceptors (Lipinski definition) is 5. The molecule has 0 aromatic heterocycles. The van der Waals surface area contributed by atoms with Gasteiger partial charge in [0.15, 0.2) is 18.6 Å². The van der Waals surface area contributed by atoms with Crippen molar-refractivity contribution in [3.05, 3.63) is 24.3 Å². The molecule has 3 heterocycles. The lowest BCUT2D eigenvalue weighted by atomic mass is 10.2. The molecule has 0 radical (unpaired) electrons. The maximum Gasteiger partial charge on any atom is 0.191 e. The van der Waals surface area contributed by atoms with Crippen LogP contribution < -0.4 is 10.1 Å². The minimum atomic E-state index is 0.00614. The zero-order valence-corrected chi connectivity index (χ0v) is 9.17. The summed E-state index contributed by atoms with van der Waals surface area (Å²) >= 11 is 0. The first-order valence-corrected chi connectivity index (χ1v) is 5.80. The quantitative estimate of drug-likeness (QED) is 0.770.